The molecule has 1 amide bonds. The Labute approximate surface area is 129 Å². The number of hydrogen-bond donors (Lipinski definition) is 1. The molecule has 0 aromatic heterocycles. The van der Waals surface area contributed by atoms with E-state index in [9.17, 15) is 4.79 Å². The number of carbonyl (C=O) groups is 1. The summed E-state index contributed by atoms with van der Waals surface area (Å²) in [4.78, 5) is 16.5. The highest BCUT2D eigenvalue weighted by Gasteiger charge is 2.16. The lowest BCUT2D eigenvalue weighted by Gasteiger charge is -2.19. The molecule has 2 saturated heterocycles. The van der Waals surface area contributed by atoms with Crippen molar-refractivity contribution in [2.24, 2.45) is 0 Å². The van der Waals surface area contributed by atoms with Crippen LogP contribution in [-0.2, 0) is 9.53 Å². The molecule has 0 aromatic carbocycles. The van der Waals surface area contributed by atoms with Crippen LogP contribution in [0.3, 0.4) is 0 Å². The maximum Gasteiger partial charge on any atom is 0.234 e. The second kappa shape index (κ2) is 9.38. The largest absolute Gasteiger partial charge is 0.378 e. The molecule has 5 heteroatoms. The quantitative estimate of drug-likeness (QED) is 0.715. The van der Waals surface area contributed by atoms with Gasteiger partial charge in [-0.25, -0.2) is 0 Å². The zero-order chi connectivity index (χ0) is 14.9. The summed E-state index contributed by atoms with van der Waals surface area (Å²) in [5.41, 5.74) is 0. The van der Waals surface area contributed by atoms with Gasteiger partial charge in [0.15, 0.2) is 0 Å². The van der Waals surface area contributed by atoms with Crippen LogP contribution in [0.25, 0.3) is 0 Å². The average molecular weight is 297 g/mol. The third-order valence-corrected chi connectivity index (χ3v) is 4.48. The molecule has 2 aliphatic rings. The molecule has 0 spiro atoms. The fourth-order valence-corrected chi connectivity index (χ4v) is 3.11. The number of nitrogens with one attached hydrogen (secondary N) is 1. The average Bonchev–Trinajstić information content (AvgIpc) is 2.89. The van der Waals surface area contributed by atoms with Crippen molar-refractivity contribution < 1.29 is 9.53 Å². The van der Waals surface area contributed by atoms with E-state index in [1.807, 2.05) is 0 Å². The Morgan fingerprint density at radius 3 is 2.90 bits per heavy atom. The van der Waals surface area contributed by atoms with Crippen LogP contribution in [0.5, 0.6) is 0 Å². The van der Waals surface area contributed by atoms with Crippen molar-refractivity contribution in [2.45, 2.75) is 44.6 Å². The zero-order valence-electron chi connectivity index (χ0n) is 13.5. The van der Waals surface area contributed by atoms with E-state index in [1.54, 1.807) is 0 Å². The molecule has 0 radical (unpaired) electrons. The van der Waals surface area contributed by atoms with Crippen LogP contribution in [0, 0.1) is 0 Å². The smallest absolute Gasteiger partial charge is 0.234 e. The lowest BCUT2D eigenvalue weighted by atomic mass is 10.1. The van der Waals surface area contributed by atoms with Crippen molar-refractivity contribution in [2.75, 3.05) is 52.9 Å². The summed E-state index contributed by atoms with van der Waals surface area (Å²) in [7, 11) is 2.15. The van der Waals surface area contributed by atoms with Crippen LogP contribution in [-0.4, -0.2) is 74.7 Å². The first-order chi connectivity index (χ1) is 10.2. The SMILES string of the molecule is CN1CCCN(CC(=O)NCCCC[C@@H]2CCCO2)CC1. The van der Waals surface area contributed by atoms with Crippen molar-refractivity contribution in [3.05, 3.63) is 0 Å². The topological polar surface area (TPSA) is 44.8 Å². The summed E-state index contributed by atoms with van der Waals surface area (Å²) in [6.07, 6.45) is 7.44. The first kappa shape index (κ1) is 16.7. The molecule has 1 atom stereocenters. The van der Waals surface area contributed by atoms with Gasteiger partial charge in [0.2, 0.25) is 5.91 Å². The number of likely N-dealkylation sites (N-methyl/N-ethyl adjacent to an activating group) is 1. The van der Waals surface area contributed by atoms with E-state index in [2.05, 4.69) is 22.2 Å². The Hall–Kier alpha value is -0.650. The highest BCUT2D eigenvalue weighted by atomic mass is 16.5. The molecule has 2 fully saturated rings. The van der Waals surface area contributed by atoms with Gasteiger partial charge in [-0.1, -0.05) is 0 Å². The van der Waals surface area contributed by atoms with E-state index < -0.39 is 0 Å². The number of carbonyl (C=O) groups excluding carboxylic acids is 1. The van der Waals surface area contributed by atoms with E-state index >= 15 is 0 Å². The van der Waals surface area contributed by atoms with Gasteiger partial charge in [-0.15, -0.1) is 0 Å². The van der Waals surface area contributed by atoms with Crippen molar-refractivity contribution in [3.8, 4) is 0 Å². The summed E-state index contributed by atoms with van der Waals surface area (Å²) in [6.45, 7) is 6.54. The predicted octanol–water partition coefficient (Wildman–Crippen LogP) is 1.09. The Morgan fingerprint density at radius 2 is 2.10 bits per heavy atom. The molecular weight excluding hydrogens is 266 g/mol. The van der Waals surface area contributed by atoms with Gasteiger partial charge in [0.25, 0.3) is 0 Å². The maximum atomic E-state index is 11.9. The molecule has 2 heterocycles. The summed E-state index contributed by atoms with van der Waals surface area (Å²) >= 11 is 0. The summed E-state index contributed by atoms with van der Waals surface area (Å²) in [5.74, 6) is 0.177. The number of amides is 1. The maximum absolute atomic E-state index is 11.9. The van der Waals surface area contributed by atoms with E-state index in [0.717, 1.165) is 65.0 Å². The van der Waals surface area contributed by atoms with E-state index in [4.69, 9.17) is 4.74 Å². The summed E-state index contributed by atoms with van der Waals surface area (Å²) in [5, 5.41) is 3.05. The second-order valence-electron chi connectivity index (χ2n) is 6.41. The molecule has 0 bridgehead atoms. The Kier molecular flexibility index (Phi) is 7.47. The van der Waals surface area contributed by atoms with E-state index in [0.29, 0.717) is 12.6 Å². The highest BCUT2D eigenvalue weighted by molar-refractivity contribution is 5.77. The van der Waals surface area contributed by atoms with Gasteiger partial charge in [-0.3, -0.25) is 9.69 Å². The first-order valence-corrected chi connectivity index (χ1v) is 8.53. The fourth-order valence-electron chi connectivity index (χ4n) is 3.11. The van der Waals surface area contributed by atoms with E-state index in [-0.39, 0.29) is 5.91 Å². The van der Waals surface area contributed by atoms with Crippen molar-refractivity contribution >= 4 is 5.91 Å². The highest BCUT2D eigenvalue weighted by Crippen LogP contribution is 2.17. The Balaban J connectivity index is 1.48. The van der Waals surface area contributed by atoms with Crippen LogP contribution in [0.2, 0.25) is 0 Å². The summed E-state index contributed by atoms with van der Waals surface area (Å²) < 4.78 is 5.60. The number of rotatable bonds is 7. The van der Waals surface area contributed by atoms with Gasteiger partial charge in [-0.05, 0) is 58.7 Å². The van der Waals surface area contributed by atoms with Gasteiger partial charge in [0.05, 0.1) is 12.6 Å². The van der Waals surface area contributed by atoms with Crippen molar-refractivity contribution in [1.82, 2.24) is 15.1 Å². The standard InChI is InChI=1S/C16H31N3O2/c1-18-9-5-10-19(12-11-18)14-16(20)17-8-3-2-6-15-7-4-13-21-15/h15H,2-14H2,1H3,(H,17,20)/t15-/m1/s1. The molecule has 122 valence electrons. The van der Waals surface area contributed by atoms with Gasteiger partial charge in [-0.2, -0.15) is 0 Å². The molecule has 1 N–H and O–H groups in total. The Morgan fingerprint density at radius 1 is 1.19 bits per heavy atom. The van der Waals surface area contributed by atoms with Crippen LogP contribution >= 0.6 is 0 Å². The number of unbranched alkanes of at least 4 members (excludes halogenated alkanes) is 1. The first-order valence-electron chi connectivity index (χ1n) is 8.53. The molecule has 21 heavy (non-hydrogen) atoms. The van der Waals surface area contributed by atoms with Gasteiger partial charge >= 0.3 is 0 Å². The molecule has 0 saturated carbocycles. The number of nitrogens with zero attached hydrogens (tertiary/aromatic N) is 2. The third-order valence-electron chi connectivity index (χ3n) is 4.48. The van der Waals surface area contributed by atoms with Crippen LogP contribution in [0.1, 0.15) is 38.5 Å². The third kappa shape index (κ3) is 6.76. The van der Waals surface area contributed by atoms with Crippen molar-refractivity contribution in [1.29, 1.82) is 0 Å². The zero-order valence-corrected chi connectivity index (χ0v) is 13.5. The predicted molar refractivity (Wildman–Crippen MR) is 84.4 cm³/mol. The van der Waals surface area contributed by atoms with Crippen molar-refractivity contribution in [3.63, 3.8) is 0 Å². The fraction of sp³-hybridized carbons (Fsp3) is 0.938. The second-order valence-corrected chi connectivity index (χ2v) is 6.41. The molecule has 2 aliphatic heterocycles. The molecule has 2 rings (SSSR count). The molecule has 0 aliphatic carbocycles. The monoisotopic (exact) mass is 297 g/mol. The molecule has 5 nitrogen and oxygen atoms in total. The normalized spacial score (nSPS) is 24.9. The van der Waals surface area contributed by atoms with Crippen LogP contribution in [0.4, 0.5) is 0 Å². The van der Waals surface area contributed by atoms with Gasteiger partial charge < -0.3 is 15.0 Å². The lowest BCUT2D eigenvalue weighted by molar-refractivity contribution is -0.122. The Bertz CT molecular complexity index is 306. The lowest BCUT2D eigenvalue weighted by Crippen LogP contribution is -2.39. The van der Waals surface area contributed by atoms with Crippen LogP contribution in [0.15, 0.2) is 0 Å². The summed E-state index contributed by atoms with van der Waals surface area (Å²) in [6, 6.07) is 0. The van der Waals surface area contributed by atoms with Gasteiger partial charge in [0.1, 0.15) is 0 Å². The molecule has 0 unspecified atom stereocenters. The van der Waals surface area contributed by atoms with E-state index in [1.165, 1.54) is 12.8 Å². The minimum Gasteiger partial charge on any atom is -0.378 e. The minimum absolute atomic E-state index is 0.177. The molecule has 0 aromatic rings. The minimum atomic E-state index is 0.177. The molecular formula is C16H31N3O2. The van der Waals surface area contributed by atoms with Crippen LogP contribution < -0.4 is 5.32 Å². The van der Waals surface area contributed by atoms with Gasteiger partial charge in [0, 0.05) is 26.2 Å². The number of hydrogen-bond acceptors (Lipinski definition) is 4. The number of ether oxygens (including phenoxy) is 1.